The van der Waals surface area contributed by atoms with Gasteiger partial charge in [-0.1, -0.05) is 6.07 Å². The monoisotopic (exact) mass is 577 g/mol. The van der Waals surface area contributed by atoms with Gasteiger partial charge in [0, 0.05) is 10.7 Å². The first-order valence-corrected chi connectivity index (χ1v) is 13.0. The van der Waals surface area contributed by atoms with Crippen molar-refractivity contribution in [2.75, 3.05) is 18.9 Å². The molecule has 13 heteroatoms. The fourth-order valence-electron chi connectivity index (χ4n) is 3.52. The number of aryl methyl sites for hydroxylation is 1. The van der Waals surface area contributed by atoms with E-state index in [-0.39, 0.29) is 17.5 Å². The number of furan rings is 1. The third-order valence-corrected chi connectivity index (χ3v) is 7.64. The standard InChI is InChI=1S/C23H24BrN5O6S/c1-13-8-11-19(35-13)22-26-27-23(29(22)20-17(33-3)6-5-7-18(20)34-4)28-36(31,32)14(2)21(30)16-10-9-15(24)12-25-16/h5-12,14,21,30H,1-4H3,(H,27,28). The first kappa shape index (κ1) is 25.7. The number of para-hydroxylation sites is 1. The normalized spacial score (nSPS) is 13.3. The lowest BCUT2D eigenvalue weighted by molar-refractivity contribution is 0.171. The number of hydrogen-bond donors (Lipinski definition) is 2. The van der Waals surface area contributed by atoms with E-state index >= 15 is 0 Å². The second kappa shape index (κ2) is 10.3. The summed E-state index contributed by atoms with van der Waals surface area (Å²) in [6.07, 6.45) is 0.0769. The van der Waals surface area contributed by atoms with Crippen molar-refractivity contribution in [3.63, 3.8) is 0 Å². The maximum absolute atomic E-state index is 13.3. The molecule has 190 valence electrons. The van der Waals surface area contributed by atoms with Gasteiger partial charge in [0.1, 0.15) is 34.3 Å². The Morgan fingerprint density at radius 2 is 1.78 bits per heavy atom. The summed E-state index contributed by atoms with van der Waals surface area (Å²) in [6, 6.07) is 11.8. The predicted octanol–water partition coefficient (Wildman–Crippen LogP) is 3.87. The summed E-state index contributed by atoms with van der Waals surface area (Å²) in [5.74, 6) is 1.81. The van der Waals surface area contributed by atoms with Gasteiger partial charge in [0.2, 0.25) is 21.8 Å². The summed E-state index contributed by atoms with van der Waals surface area (Å²) < 4.78 is 48.1. The molecule has 3 heterocycles. The second-order valence-electron chi connectivity index (χ2n) is 7.80. The molecule has 0 spiro atoms. The van der Waals surface area contributed by atoms with Gasteiger partial charge in [-0.25, -0.2) is 8.42 Å². The van der Waals surface area contributed by atoms with Crippen LogP contribution in [0.2, 0.25) is 0 Å². The molecular formula is C23H24BrN5O6S. The van der Waals surface area contributed by atoms with Gasteiger partial charge in [-0.15, -0.1) is 10.2 Å². The molecule has 0 saturated heterocycles. The van der Waals surface area contributed by atoms with Crippen molar-refractivity contribution in [1.82, 2.24) is 19.7 Å². The topological polar surface area (TPSA) is 142 Å². The van der Waals surface area contributed by atoms with Crippen LogP contribution in [0.5, 0.6) is 11.5 Å². The fourth-order valence-corrected chi connectivity index (χ4v) is 4.81. The lowest BCUT2D eigenvalue weighted by Gasteiger charge is -2.21. The molecule has 0 saturated carbocycles. The zero-order valence-electron chi connectivity index (χ0n) is 19.8. The van der Waals surface area contributed by atoms with Crippen LogP contribution in [0.15, 0.2) is 57.6 Å². The zero-order chi connectivity index (χ0) is 26.0. The van der Waals surface area contributed by atoms with Crippen molar-refractivity contribution in [3.8, 4) is 28.8 Å². The summed E-state index contributed by atoms with van der Waals surface area (Å²) in [5.41, 5.74) is 0.563. The van der Waals surface area contributed by atoms with E-state index in [0.717, 1.165) is 0 Å². The maximum Gasteiger partial charge on any atom is 0.243 e. The van der Waals surface area contributed by atoms with E-state index in [9.17, 15) is 13.5 Å². The van der Waals surface area contributed by atoms with Gasteiger partial charge in [-0.3, -0.25) is 14.3 Å². The molecule has 2 unspecified atom stereocenters. The van der Waals surface area contributed by atoms with Gasteiger partial charge in [0.25, 0.3) is 0 Å². The Hall–Kier alpha value is -3.42. The molecule has 2 atom stereocenters. The Balaban J connectivity index is 1.81. The molecule has 2 N–H and O–H groups in total. The molecule has 0 bridgehead atoms. The third kappa shape index (κ3) is 4.94. The molecule has 3 aromatic heterocycles. The molecule has 4 aromatic rings. The number of ether oxygens (including phenoxy) is 2. The smallest absolute Gasteiger partial charge is 0.243 e. The number of nitrogens with one attached hydrogen (secondary N) is 1. The number of rotatable bonds is 9. The van der Waals surface area contributed by atoms with Crippen LogP contribution in [-0.2, 0) is 10.0 Å². The number of aromatic nitrogens is 4. The number of pyridine rings is 1. The highest BCUT2D eigenvalue weighted by molar-refractivity contribution is 9.10. The van der Waals surface area contributed by atoms with Crippen LogP contribution < -0.4 is 14.2 Å². The molecule has 0 aliphatic rings. The molecule has 0 radical (unpaired) electrons. The minimum absolute atomic E-state index is 0.148. The van der Waals surface area contributed by atoms with Crippen molar-refractivity contribution >= 4 is 31.9 Å². The summed E-state index contributed by atoms with van der Waals surface area (Å²) in [5, 5.41) is 17.7. The van der Waals surface area contributed by atoms with Crippen LogP contribution in [-0.4, -0.2) is 52.7 Å². The predicted molar refractivity (Wildman–Crippen MR) is 136 cm³/mol. The third-order valence-electron chi connectivity index (χ3n) is 5.47. The first-order valence-electron chi connectivity index (χ1n) is 10.7. The van der Waals surface area contributed by atoms with Gasteiger partial charge in [0.05, 0.1) is 19.9 Å². The number of hydrogen-bond acceptors (Lipinski definition) is 9. The Bertz CT molecular complexity index is 1450. The number of nitrogens with zero attached hydrogens (tertiary/aromatic N) is 4. The van der Waals surface area contributed by atoms with Crippen molar-refractivity contribution in [1.29, 1.82) is 0 Å². The lowest BCUT2D eigenvalue weighted by Crippen LogP contribution is -2.32. The fraction of sp³-hybridized carbons (Fsp3) is 0.261. The minimum Gasteiger partial charge on any atom is -0.494 e. The van der Waals surface area contributed by atoms with E-state index in [2.05, 4.69) is 35.8 Å². The quantitative estimate of drug-likeness (QED) is 0.303. The molecular weight excluding hydrogens is 554 g/mol. The summed E-state index contributed by atoms with van der Waals surface area (Å²) >= 11 is 3.27. The minimum atomic E-state index is -4.19. The van der Waals surface area contributed by atoms with E-state index in [1.165, 1.54) is 31.9 Å². The maximum atomic E-state index is 13.3. The average molecular weight is 578 g/mol. The molecule has 0 aliphatic heterocycles. The van der Waals surface area contributed by atoms with E-state index in [1.54, 1.807) is 49.4 Å². The van der Waals surface area contributed by atoms with Gasteiger partial charge < -0.3 is 19.0 Å². The van der Waals surface area contributed by atoms with E-state index in [1.807, 2.05) is 0 Å². The van der Waals surface area contributed by atoms with Crippen molar-refractivity contribution < 1.29 is 27.4 Å². The Morgan fingerprint density at radius 3 is 2.33 bits per heavy atom. The highest BCUT2D eigenvalue weighted by Gasteiger charge is 2.33. The number of aliphatic hydroxyl groups excluding tert-OH is 1. The molecule has 0 fully saturated rings. The van der Waals surface area contributed by atoms with Gasteiger partial charge >= 0.3 is 0 Å². The molecule has 4 rings (SSSR count). The summed E-state index contributed by atoms with van der Waals surface area (Å²) in [7, 11) is -1.23. The van der Waals surface area contributed by atoms with Crippen LogP contribution in [0.4, 0.5) is 5.95 Å². The van der Waals surface area contributed by atoms with Crippen molar-refractivity contribution in [3.05, 3.63) is 64.6 Å². The first-order chi connectivity index (χ1) is 17.2. The second-order valence-corrected chi connectivity index (χ2v) is 10.8. The number of sulfonamides is 1. The number of anilines is 1. The lowest BCUT2D eigenvalue weighted by atomic mass is 10.2. The molecule has 11 nitrogen and oxygen atoms in total. The van der Waals surface area contributed by atoms with Gasteiger partial charge in [-0.05, 0) is 66.2 Å². The number of methoxy groups -OCH3 is 2. The molecule has 1 aromatic carbocycles. The zero-order valence-corrected chi connectivity index (χ0v) is 22.2. The van der Waals surface area contributed by atoms with E-state index in [0.29, 0.717) is 33.2 Å². The summed E-state index contributed by atoms with van der Waals surface area (Å²) in [6.45, 7) is 3.15. The van der Waals surface area contributed by atoms with E-state index in [4.69, 9.17) is 13.9 Å². The highest BCUT2D eigenvalue weighted by atomic mass is 79.9. The van der Waals surface area contributed by atoms with Crippen molar-refractivity contribution in [2.45, 2.75) is 25.2 Å². The van der Waals surface area contributed by atoms with Crippen molar-refractivity contribution in [2.24, 2.45) is 0 Å². The molecule has 0 amide bonds. The number of benzene rings is 1. The van der Waals surface area contributed by atoms with Crippen LogP contribution in [0.25, 0.3) is 17.3 Å². The number of aliphatic hydroxyl groups is 1. The molecule has 0 aliphatic carbocycles. The van der Waals surface area contributed by atoms with Gasteiger partial charge in [0.15, 0.2) is 5.76 Å². The average Bonchev–Trinajstić information content (AvgIpc) is 3.48. The highest BCUT2D eigenvalue weighted by Crippen LogP contribution is 2.38. The van der Waals surface area contributed by atoms with Crippen LogP contribution in [0, 0.1) is 6.92 Å². The molecule has 36 heavy (non-hydrogen) atoms. The van der Waals surface area contributed by atoms with Crippen LogP contribution in [0.1, 0.15) is 24.5 Å². The number of halogens is 1. The Morgan fingerprint density at radius 1 is 1.08 bits per heavy atom. The Kier molecular flexibility index (Phi) is 7.33. The van der Waals surface area contributed by atoms with E-state index < -0.39 is 21.4 Å². The van der Waals surface area contributed by atoms with Crippen LogP contribution in [0.3, 0.4) is 0 Å². The van der Waals surface area contributed by atoms with Gasteiger partial charge in [-0.2, -0.15) is 0 Å². The SMILES string of the molecule is COc1cccc(OC)c1-n1c(NS(=O)(=O)C(C)C(O)c2ccc(Br)cn2)nnc1-c1ccc(C)o1. The Labute approximate surface area is 216 Å². The summed E-state index contributed by atoms with van der Waals surface area (Å²) in [4.78, 5) is 4.11. The van der Waals surface area contributed by atoms with Crippen LogP contribution >= 0.6 is 15.9 Å². The largest absolute Gasteiger partial charge is 0.494 e.